The topological polar surface area (TPSA) is 0 Å². The third kappa shape index (κ3) is 1.99. The van der Waals surface area contributed by atoms with Crippen LogP contribution in [-0.4, -0.2) is 0 Å². The molecule has 0 amide bonds. The normalized spacial score (nSPS) is 14.6. The summed E-state index contributed by atoms with van der Waals surface area (Å²) in [6, 6.07) is 31.6. The summed E-state index contributed by atoms with van der Waals surface area (Å²) in [5, 5.41) is 7.91. The van der Waals surface area contributed by atoms with Crippen molar-refractivity contribution in [2.45, 2.75) is 19.3 Å². The molecule has 0 aromatic heterocycles. The number of fused-ring (bicyclic) bond motifs is 6. The van der Waals surface area contributed by atoms with Gasteiger partial charge < -0.3 is 0 Å². The van der Waals surface area contributed by atoms with Crippen molar-refractivity contribution in [3.8, 4) is 11.1 Å². The molecule has 0 bridgehead atoms. The van der Waals surface area contributed by atoms with Crippen LogP contribution in [0.5, 0.6) is 0 Å². The van der Waals surface area contributed by atoms with Crippen LogP contribution in [0.4, 0.5) is 0 Å². The van der Waals surface area contributed by atoms with Gasteiger partial charge in [0.1, 0.15) is 0 Å². The molecule has 0 nitrogen and oxygen atoms in total. The van der Waals surface area contributed by atoms with Crippen LogP contribution >= 0.6 is 0 Å². The molecule has 5 aromatic rings. The van der Waals surface area contributed by atoms with Crippen LogP contribution in [0.1, 0.15) is 25.0 Å². The van der Waals surface area contributed by atoms with E-state index in [1.807, 2.05) is 0 Å². The Bertz CT molecular complexity index is 1390. The maximum absolute atomic E-state index is 2.42. The third-order valence-electron chi connectivity index (χ3n) is 6.36. The summed E-state index contributed by atoms with van der Waals surface area (Å²) >= 11 is 0. The van der Waals surface area contributed by atoms with Gasteiger partial charge in [-0.3, -0.25) is 0 Å². The van der Waals surface area contributed by atoms with Crippen LogP contribution in [0.2, 0.25) is 0 Å². The number of benzene rings is 5. The highest BCUT2D eigenvalue weighted by molar-refractivity contribution is 6.03. The molecule has 6 rings (SSSR count). The largest absolute Gasteiger partial charge is 0.0616 e. The molecule has 0 atom stereocenters. The van der Waals surface area contributed by atoms with Crippen LogP contribution < -0.4 is 0 Å². The van der Waals surface area contributed by atoms with E-state index < -0.39 is 0 Å². The van der Waals surface area contributed by atoms with Crippen molar-refractivity contribution < 1.29 is 0 Å². The lowest BCUT2D eigenvalue weighted by Gasteiger charge is -2.22. The lowest BCUT2D eigenvalue weighted by Crippen LogP contribution is -2.14. The van der Waals surface area contributed by atoms with Crippen molar-refractivity contribution >= 4 is 32.3 Å². The maximum Gasteiger partial charge on any atom is 0.0159 e. The standard InChI is InChI=1S/C27H20/c1-27(2)25-15-20-10-6-5-9-19(20)13-23(25)24-14-21-11-17-7-3-4-8-18(17)12-22(21)16-26(24)27/h3-16H,1-2H3. The molecule has 0 saturated carbocycles. The third-order valence-corrected chi connectivity index (χ3v) is 6.36. The highest BCUT2D eigenvalue weighted by Gasteiger charge is 2.35. The molecular formula is C27H20. The number of hydrogen-bond acceptors (Lipinski definition) is 0. The van der Waals surface area contributed by atoms with E-state index in [0.29, 0.717) is 0 Å². The fourth-order valence-electron chi connectivity index (χ4n) is 4.86. The zero-order chi connectivity index (χ0) is 18.2. The van der Waals surface area contributed by atoms with Gasteiger partial charge in [0.2, 0.25) is 0 Å². The Morgan fingerprint density at radius 3 is 1.37 bits per heavy atom. The van der Waals surface area contributed by atoms with Crippen molar-refractivity contribution in [3.63, 3.8) is 0 Å². The molecule has 27 heavy (non-hydrogen) atoms. The van der Waals surface area contributed by atoms with E-state index in [-0.39, 0.29) is 5.41 Å². The predicted molar refractivity (Wildman–Crippen MR) is 117 cm³/mol. The SMILES string of the molecule is CC1(C)c2cc3ccccc3cc2-c2cc3cc4ccccc4cc3cc21. The minimum absolute atomic E-state index is 0.0224. The smallest absolute Gasteiger partial charge is 0.0159 e. The minimum Gasteiger partial charge on any atom is -0.0616 e. The lowest BCUT2D eigenvalue weighted by atomic mass is 9.81. The van der Waals surface area contributed by atoms with E-state index in [0.717, 1.165) is 0 Å². The van der Waals surface area contributed by atoms with Gasteiger partial charge in [-0.15, -0.1) is 0 Å². The average molecular weight is 344 g/mol. The van der Waals surface area contributed by atoms with Gasteiger partial charge in [-0.1, -0.05) is 62.4 Å². The first-order valence-corrected chi connectivity index (χ1v) is 9.62. The molecular weight excluding hydrogens is 324 g/mol. The molecule has 0 spiro atoms. The van der Waals surface area contributed by atoms with Crippen molar-refractivity contribution in [2.75, 3.05) is 0 Å². The van der Waals surface area contributed by atoms with Gasteiger partial charge in [0, 0.05) is 5.41 Å². The van der Waals surface area contributed by atoms with Crippen molar-refractivity contribution in [3.05, 3.63) is 96.1 Å². The summed E-state index contributed by atoms with van der Waals surface area (Å²) in [5.41, 5.74) is 5.69. The Labute approximate surface area is 159 Å². The Morgan fingerprint density at radius 1 is 0.444 bits per heavy atom. The van der Waals surface area contributed by atoms with Crippen LogP contribution in [-0.2, 0) is 5.41 Å². The molecule has 0 heterocycles. The molecule has 0 unspecified atom stereocenters. The highest BCUT2D eigenvalue weighted by Crippen LogP contribution is 2.51. The molecule has 128 valence electrons. The zero-order valence-corrected chi connectivity index (χ0v) is 15.6. The molecule has 0 fully saturated rings. The molecule has 1 aliphatic carbocycles. The van der Waals surface area contributed by atoms with E-state index in [2.05, 4.69) is 98.8 Å². The summed E-state index contributed by atoms with van der Waals surface area (Å²) < 4.78 is 0. The van der Waals surface area contributed by atoms with Crippen LogP contribution in [0, 0.1) is 0 Å². The molecule has 0 radical (unpaired) electrons. The fourth-order valence-corrected chi connectivity index (χ4v) is 4.86. The van der Waals surface area contributed by atoms with E-state index in [9.17, 15) is 0 Å². The first-order chi connectivity index (χ1) is 13.1. The Morgan fingerprint density at radius 2 is 0.815 bits per heavy atom. The van der Waals surface area contributed by atoms with E-state index in [4.69, 9.17) is 0 Å². The summed E-state index contributed by atoms with van der Waals surface area (Å²) in [6.45, 7) is 4.72. The van der Waals surface area contributed by atoms with Gasteiger partial charge in [0.25, 0.3) is 0 Å². The van der Waals surface area contributed by atoms with Gasteiger partial charge in [0.15, 0.2) is 0 Å². The van der Waals surface area contributed by atoms with Crippen molar-refractivity contribution in [1.29, 1.82) is 0 Å². The average Bonchev–Trinajstić information content (AvgIpc) is 2.89. The van der Waals surface area contributed by atoms with Crippen LogP contribution in [0.15, 0.2) is 84.9 Å². The van der Waals surface area contributed by atoms with Gasteiger partial charge in [-0.05, 0) is 91.0 Å². The second kappa shape index (κ2) is 4.98. The second-order valence-electron chi connectivity index (χ2n) is 8.31. The predicted octanol–water partition coefficient (Wildman–Crippen LogP) is 7.45. The Hall–Kier alpha value is -3.12. The van der Waals surface area contributed by atoms with Crippen LogP contribution in [0.3, 0.4) is 0 Å². The van der Waals surface area contributed by atoms with Crippen LogP contribution in [0.25, 0.3) is 43.4 Å². The zero-order valence-electron chi connectivity index (χ0n) is 15.6. The summed E-state index contributed by atoms with van der Waals surface area (Å²) in [7, 11) is 0. The van der Waals surface area contributed by atoms with Gasteiger partial charge >= 0.3 is 0 Å². The summed E-state index contributed by atoms with van der Waals surface area (Å²) in [4.78, 5) is 0. The highest BCUT2D eigenvalue weighted by atomic mass is 14.4. The Balaban J connectivity index is 1.72. The van der Waals surface area contributed by atoms with E-state index >= 15 is 0 Å². The number of rotatable bonds is 0. The van der Waals surface area contributed by atoms with E-state index in [1.54, 1.807) is 0 Å². The quantitative estimate of drug-likeness (QED) is 0.256. The Kier molecular flexibility index (Phi) is 2.77. The molecule has 0 heteroatoms. The lowest BCUT2D eigenvalue weighted by molar-refractivity contribution is 0.662. The van der Waals surface area contributed by atoms with Gasteiger partial charge in [-0.25, -0.2) is 0 Å². The van der Waals surface area contributed by atoms with Crippen molar-refractivity contribution in [1.82, 2.24) is 0 Å². The summed E-state index contributed by atoms with van der Waals surface area (Å²) in [5.74, 6) is 0. The first-order valence-electron chi connectivity index (χ1n) is 9.62. The molecule has 5 aromatic carbocycles. The number of hydrogen-bond donors (Lipinski definition) is 0. The minimum atomic E-state index is 0.0224. The van der Waals surface area contributed by atoms with E-state index in [1.165, 1.54) is 54.6 Å². The molecule has 0 saturated heterocycles. The van der Waals surface area contributed by atoms with Crippen molar-refractivity contribution in [2.24, 2.45) is 0 Å². The second-order valence-corrected chi connectivity index (χ2v) is 8.31. The van der Waals surface area contributed by atoms with Gasteiger partial charge in [0.05, 0.1) is 0 Å². The summed E-state index contributed by atoms with van der Waals surface area (Å²) in [6.07, 6.45) is 0. The molecule has 0 N–H and O–H groups in total. The molecule has 0 aliphatic heterocycles. The monoisotopic (exact) mass is 344 g/mol. The van der Waals surface area contributed by atoms with Gasteiger partial charge in [-0.2, -0.15) is 0 Å². The fraction of sp³-hybridized carbons (Fsp3) is 0.111. The maximum atomic E-state index is 2.42. The molecule has 1 aliphatic rings. The first kappa shape index (κ1) is 15.0.